The van der Waals surface area contributed by atoms with Crippen LogP contribution in [0.25, 0.3) is 11.5 Å². The van der Waals surface area contributed by atoms with E-state index in [1.165, 1.54) is 16.9 Å². The van der Waals surface area contributed by atoms with Crippen molar-refractivity contribution in [3.8, 4) is 11.5 Å². The maximum absolute atomic E-state index is 14.3. The maximum Gasteiger partial charge on any atom is 0.259 e. The molecule has 136 valence electrons. The second-order valence-electron chi connectivity index (χ2n) is 5.91. The molecular formula is C19H21FN4O2. The second kappa shape index (κ2) is 7.97. The number of amides is 1. The van der Waals surface area contributed by atoms with Gasteiger partial charge in [-0.3, -0.25) is 4.79 Å². The van der Waals surface area contributed by atoms with Gasteiger partial charge in [0.15, 0.2) is 5.82 Å². The van der Waals surface area contributed by atoms with Crippen LogP contribution in [0.1, 0.15) is 16.8 Å². The number of rotatable bonds is 7. The number of carbonyl (C=O) groups excluding carboxylic acids is 1. The van der Waals surface area contributed by atoms with Crippen molar-refractivity contribution in [1.29, 1.82) is 0 Å². The Morgan fingerprint density at radius 2 is 1.96 bits per heavy atom. The molecule has 0 spiro atoms. The molecule has 0 aliphatic carbocycles. The average Bonchev–Trinajstić information content (AvgIpc) is 3.30. The fourth-order valence-corrected chi connectivity index (χ4v) is 2.77. The molecule has 0 unspecified atom stereocenters. The summed E-state index contributed by atoms with van der Waals surface area (Å²) in [5, 5.41) is 4.29. The van der Waals surface area contributed by atoms with Crippen LogP contribution in [0.4, 0.5) is 4.39 Å². The van der Waals surface area contributed by atoms with Gasteiger partial charge in [0.2, 0.25) is 0 Å². The van der Waals surface area contributed by atoms with E-state index < -0.39 is 5.82 Å². The van der Waals surface area contributed by atoms with Gasteiger partial charge in [-0.15, -0.1) is 0 Å². The average molecular weight is 356 g/mol. The van der Waals surface area contributed by atoms with E-state index in [9.17, 15) is 9.18 Å². The van der Waals surface area contributed by atoms with E-state index in [1.54, 1.807) is 54.2 Å². The van der Waals surface area contributed by atoms with E-state index in [-0.39, 0.29) is 11.6 Å². The summed E-state index contributed by atoms with van der Waals surface area (Å²) >= 11 is 0. The number of ether oxygens (including phenoxy) is 1. The number of nitrogens with zero attached hydrogens (tertiary/aromatic N) is 4. The Morgan fingerprint density at radius 1 is 1.23 bits per heavy atom. The molecular weight excluding hydrogens is 335 g/mol. The number of halogens is 1. The first-order valence-electron chi connectivity index (χ1n) is 8.34. The first kappa shape index (κ1) is 17.9. The van der Waals surface area contributed by atoms with E-state index in [0.29, 0.717) is 24.5 Å². The van der Waals surface area contributed by atoms with Crippen LogP contribution in [0.5, 0.6) is 0 Å². The molecule has 7 heteroatoms. The normalized spacial score (nSPS) is 10.9. The van der Waals surface area contributed by atoms with E-state index in [1.807, 2.05) is 12.1 Å². The highest BCUT2D eigenvalue weighted by Crippen LogP contribution is 2.22. The lowest BCUT2D eigenvalue weighted by atomic mass is 10.2. The van der Waals surface area contributed by atoms with Gasteiger partial charge in [0.05, 0.1) is 6.20 Å². The number of methoxy groups -OCH3 is 1. The fraction of sp³-hybridized carbons (Fsp3) is 0.263. The zero-order valence-corrected chi connectivity index (χ0v) is 14.8. The number of hydrogen-bond donors (Lipinski definition) is 0. The predicted molar refractivity (Wildman–Crippen MR) is 96.3 cm³/mol. The third kappa shape index (κ3) is 3.52. The van der Waals surface area contributed by atoms with Gasteiger partial charge in [0.25, 0.3) is 5.91 Å². The van der Waals surface area contributed by atoms with Crippen LogP contribution >= 0.6 is 0 Å². The number of carbonyl (C=O) groups is 1. The Balaban J connectivity index is 2.02. The minimum atomic E-state index is -0.406. The molecule has 1 aromatic carbocycles. The molecule has 2 aromatic heterocycles. The van der Waals surface area contributed by atoms with Crippen molar-refractivity contribution < 1.29 is 13.9 Å². The van der Waals surface area contributed by atoms with Crippen molar-refractivity contribution in [2.45, 2.75) is 6.42 Å². The molecule has 0 atom stereocenters. The van der Waals surface area contributed by atoms with Crippen molar-refractivity contribution in [2.24, 2.45) is 0 Å². The molecule has 3 rings (SSSR count). The third-order valence-electron chi connectivity index (χ3n) is 4.09. The molecule has 26 heavy (non-hydrogen) atoms. The van der Waals surface area contributed by atoms with E-state index in [4.69, 9.17) is 4.74 Å². The van der Waals surface area contributed by atoms with E-state index in [0.717, 1.165) is 6.42 Å². The minimum absolute atomic E-state index is 0.174. The molecule has 0 saturated heterocycles. The third-order valence-corrected chi connectivity index (χ3v) is 4.09. The summed E-state index contributed by atoms with van der Waals surface area (Å²) in [6.07, 6.45) is 5.82. The topological polar surface area (TPSA) is 52.3 Å². The first-order valence-corrected chi connectivity index (χ1v) is 8.34. The van der Waals surface area contributed by atoms with Gasteiger partial charge in [-0.05, 0) is 30.7 Å². The molecule has 1 amide bonds. The Labute approximate surface area is 151 Å². The summed E-state index contributed by atoms with van der Waals surface area (Å²) in [6.45, 7) is 1.14. The van der Waals surface area contributed by atoms with Gasteiger partial charge in [-0.1, -0.05) is 12.1 Å². The second-order valence-corrected chi connectivity index (χ2v) is 5.91. The van der Waals surface area contributed by atoms with Crippen LogP contribution in [-0.4, -0.2) is 52.5 Å². The molecule has 0 bridgehead atoms. The summed E-state index contributed by atoms with van der Waals surface area (Å²) in [4.78, 5) is 14.5. The van der Waals surface area contributed by atoms with Gasteiger partial charge in [-0.25, -0.2) is 9.07 Å². The molecule has 6 nitrogen and oxygen atoms in total. The number of aromatic nitrogens is 3. The quantitative estimate of drug-likeness (QED) is 0.612. The smallest absolute Gasteiger partial charge is 0.259 e. The number of benzene rings is 1. The first-order chi connectivity index (χ1) is 12.6. The maximum atomic E-state index is 14.3. The van der Waals surface area contributed by atoms with Crippen LogP contribution in [0.15, 0.2) is 55.0 Å². The SMILES string of the molecule is COCCCN(C)C(=O)c1cnn(-c2ccccc2F)c1-n1cccc1. The van der Waals surface area contributed by atoms with Gasteiger partial charge in [0, 0.05) is 39.7 Å². The number of hydrogen-bond acceptors (Lipinski definition) is 3. The van der Waals surface area contributed by atoms with Crippen LogP contribution < -0.4 is 0 Å². The Hall–Kier alpha value is -2.93. The monoisotopic (exact) mass is 356 g/mol. The molecule has 2 heterocycles. The van der Waals surface area contributed by atoms with Crippen molar-refractivity contribution in [2.75, 3.05) is 27.3 Å². The zero-order valence-electron chi connectivity index (χ0n) is 14.8. The molecule has 0 saturated carbocycles. The Kier molecular flexibility index (Phi) is 5.48. The Bertz CT molecular complexity index is 874. The summed E-state index contributed by atoms with van der Waals surface area (Å²) in [6, 6.07) is 10.0. The highest BCUT2D eigenvalue weighted by atomic mass is 19.1. The Morgan fingerprint density at radius 3 is 2.65 bits per heavy atom. The largest absolute Gasteiger partial charge is 0.385 e. The summed E-state index contributed by atoms with van der Waals surface area (Å²) in [5.74, 6) is -0.0764. The zero-order chi connectivity index (χ0) is 18.5. The predicted octanol–water partition coefficient (Wildman–Crippen LogP) is 2.91. The lowest BCUT2D eigenvalue weighted by Gasteiger charge is -2.18. The molecule has 3 aromatic rings. The van der Waals surface area contributed by atoms with E-state index in [2.05, 4.69) is 5.10 Å². The molecule has 0 N–H and O–H groups in total. The molecule has 0 radical (unpaired) electrons. The summed E-state index contributed by atoms with van der Waals surface area (Å²) in [5.41, 5.74) is 0.696. The van der Waals surface area contributed by atoms with Gasteiger partial charge >= 0.3 is 0 Å². The highest BCUT2D eigenvalue weighted by Gasteiger charge is 2.23. The minimum Gasteiger partial charge on any atom is -0.385 e. The van der Waals surface area contributed by atoms with Crippen LogP contribution in [-0.2, 0) is 4.74 Å². The van der Waals surface area contributed by atoms with Crippen molar-refractivity contribution in [3.63, 3.8) is 0 Å². The van der Waals surface area contributed by atoms with Crippen LogP contribution in [0.2, 0.25) is 0 Å². The standard InChI is InChI=1S/C19H21FN4O2/c1-22(10-7-13-26-2)19(25)15-14-21-24(17-9-4-3-8-16(17)20)18(15)23-11-5-6-12-23/h3-6,8-9,11-12,14H,7,10,13H2,1-2H3. The van der Waals surface area contributed by atoms with Gasteiger partial charge < -0.3 is 14.2 Å². The summed E-state index contributed by atoms with van der Waals surface area (Å²) < 4.78 is 22.5. The molecule has 0 aliphatic heterocycles. The van der Waals surface area contributed by atoms with Gasteiger partial charge in [-0.2, -0.15) is 5.10 Å². The van der Waals surface area contributed by atoms with Crippen LogP contribution in [0.3, 0.4) is 0 Å². The lowest BCUT2D eigenvalue weighted by molar-refractivity contribution is 0.0779. The highest BCUT2D eigenvalue weighted by molar-refractivity contribution is 5.97. The molecule has 0 fully saturated rings. The van der Waals surface area contributed by atoms with Crippen molar-refractivity contribution >= 4 is 5.91 Å². The summed E-state index contributed by atoms with van der Waals surface area (Å²) in [7, 11) is 3.36. The number of para-hydroxylation sites is 1. The van der Waals surface area contributed by atoms with E-state index >= 15 is 0 Å². The van der Waals surface area contributed by atoms with Crippen LogP contribution in [0, 0.1) is 5.82 Å². The van der Waals surface area contributed by atoms with Gasteiger partial charge in [0.1, 0.15) is 17.1 Å². The van der Waals surface area contributed by atoms with Crippen molar-refractivity contribution in [1.82, 2.24) is 19.2 Å². The molecule has 0 aliphatic rings. The fourth-order valence-electron chi connectivity index (χ4n) is 2.77. The van der Waals surface area contributed by atoms with Crippen molar-refractivity contribution in [3.05, 3.63) is 66.4 Å². The lowest BCUT2D eigenvalue weighted by Crippen LogP contribution is -2.29.